The van der Waals surface area contributed by atoms with Crippen LogP contribution in [-0.2, 0) is 17.4 Å². The Balaban J connectivity index is 1.31. The Kier molecular flexibility index (Phi) is 5.74. The molecule has 4 aromatic rings. The van der Waals surface area contributed by atoms with Crippen molar-refractivity contribution < 1.29 is 22.8 Å². The number of piperidine rings is 1. The number of likely N-dealkylation sites (tertiary alicyclic amines) is 1. The van der Waals surface area contributed by atoms with Gasteiger partial charge in [-0.15, -0.1) is 0 Å². The van der Waals surface area contributed by atoms with Crippen LogP contribution in [0.2, 0.25) is 0 Å². The van der Waals surface area contributed by atoms with Gasteiger partial charge < -0.3 is 10.6 Å². The SMILES string of the molecule is C=CC(=O)N1C(c2nc(-c3ccc(C(=O)Cc4cc(C(F)(F)F)ccn4)cc3)c3c(N)nccn23)CC2CC21. The number of hydrogen-bond acceptors (Lipinski definition) is 6. The molecule has 198 valence electrons. The molecule has 1 saturated heterocycles. The number of carbonyl (C=O) groups is 2. The molecule has 3 aromatic heterocycles. The van der Waals surface area contributed by atoms with Gasteiger partial charge in [0.25, 0.3) is 0 Å². The summed E-state index contributed by atoms with van der Waals surface area (Å²) in [7, 11) is 0. The molecule has 0 radical (unpaired) electrons. The highest BCUT2D eigenvalue weighted by atomic mass is 19.4. The lowest BCUT2D eigenvalue weighted by Gasteiger charge is -2.25. The maximum absolute atomic E-state index is 13.0. The molecular formula is C28H23F3N6O2. The normalized spacial score (nSPS) is 20.2. The number of alkyl halides is 3. The summed E-state index contributed by atoms with van der Waals surface area (Å²) < 4.78 is 40.9. The highest BCUT2D eigenvalue weighted by Crippen LogP contribution is 2.53. The zero-order valence-electron chi connectivity index (χ0n) is 20.6. The number of nitrogens with zero attached hydrogens (tertiary/aromatic N) is 5. The summed E-state index contributed by atoms with van der Waals surface area (Å²) in [5, 5.41) is 0. The van der Waals surface area contributed by atoms with Gasteiger partial charge in [0, 0.05) is 41.5 Å². The van der Waals surface area contributed by atoms with Gasteiger partial charge in [-0.3, -0.25) is 19.0 Å². The van der Waals surface area contributed by atoms with Crippen LogP contribution in [-0.4, -0.2) is 42.0 Å². The molecule has 8 nitrogen and oxygen atoms in total. The number of aromatic nitrogens is 4. The monoisotopic (exact) mass is 532 g/mol. The van der Waals surface area contributed by atoms with Crippen molar-refractivity contribution in [1.82, 2.24) is 24.3 Å². The zero-order chi connectivity index (χ0) is 27.5. The fourth-order valence-corrected chi connectivity index (χ4v) is 5.46. The minimum Gasteiger partial charge on any atom is -0.382 e. The van der Waals surface area contributed by atoms with Crippen molar-refractivity contribution in [3.05, 3.63) is 90.3 Å². The van der Waals surface area contributed by atoms with E-state index < -0.39 is 11.7 Å². The van der Waals surface area contributed by atoms with Gasteiger partial charge in [0.1, 0.15) is 22.9 Å². The number of ketones is 1. The molecule has 6 rings (SSSR count). The molecule has 1 saturated carbocycles. The molecule has 11 heteroatoms. The molecule has 2 fully saturated rings. The Morgan fingerprint density at radius 3 is 2.59 bits per heavy atom. The summed E-state index contributed by atoms with van der Waals surface area (Å²) >= 11 is 0. The molecule has 2 aliphatic rings. The minimum absolute atomic E-state index is 0.0377. The molecule has 0 bridgehead atoms. The van der Waals surface area contributed by atoms with Gasteiger partial charge in [0.15, 0.2) is 5.78 Å². The van der Waals surface area contributed by atoms with Gasteiger partial charge >= 0.3 is 6.18 Å². The van der Waals surface area contributed by atoms with Crippen molar-refractivity contribution >= 4 is 23.0 Å². The number of imidazole rings is 1. The van der Waals surface area contributed by atoms with Gasteiger partial charge in [0.2, 0.25) is 5.91 Å². The number of rotatable bonds is 6. The smallest absolute Gasteiger partial charge is 0.382 e. The van der Waals surface area contributed by atoms with E-state index in [1.54, 1.807) is 36.7 Å². The average molecular weight is 533 g/mol. The third-order valence-corrected chi connectivity index (χ3v) is 7.41. The summed E-state index contributed by atoms with van der Waals surface area (Å²) in [6, 6.07) is 8.33. The quantitative estimate of drug-likeness (QED) is 0.286. The van der Waals surface area contributed by atoms with Crippen LogP contribution in [0.3, 0.4) is 0 Å². The van der Waals surface area contributed by atoms with Crippen LogP contribution >= 0.6 is 0 Å². The topological polar surface area (TPSA) is 106 Å². The van der Waals surface area contributed by atoms with E-state index in [1.165, 1.54) is 6.08 Å². The van der Waals surface area contributed by atoms with E-state index >= 15 is 0 Å². The molecule has 0 spiro atoms. The van der Waals surface area contributed by atoms with Crippen molar-refractivity contribution in [3.8, 4) is 11.3 Å². The summed E-state index contributed by atoms with van der Waals surface area (Å²) in [6.45, 7) is 3.65. The molecule has 39 heavy (non-hydrogen) atoms. The standard InChI is InChI=1S/C28H23F3N6O2/c1-2-23(39)37-20-11-17(20)12-21(37)27-35-24(25-26(32)34-9-10-36(25)27)16-5-3-15(4-6-16)22(38)14-19-13-18(7-8-33-19)28(29,30)31/h2-10,13,17,20-21H,1,11-12,14H2,(H2,32,34). The van der Waals surface area contributed by atoms with Crippen molar-refractivity contribution in [2.75, 3.05) is 5.73 Å². The summed E-state index contributed by atoms with van der Waals surface area (Å²) in [5.41, 5.74) is 7.60. The second-order valence-electron chi connectivity index (χ2n) is 9.82. The predicted octanol–water partition coefficient (Wildman–Crippen LogP) is 4.67. The van der Waals surface area contributed by atoms with Gasteiger partial charge in [0.05, 0.1) is 18.0 Å². The molecule has 1 aromatic carbocycles. The number of benzene rings is 1. The van der Waals surface area contributed by atoms with Crippen LogP contribution < -0.4 is 5.73 Å². The molecule has 1 aliphatic carbocycles. The fourth-order valence-electron chi connectivity index (χ4n) is 5.46. The van der Waals surface area contributed by atoms with Crippen molar-refractivity contribution in [2.24, 2.45) is 5.92 Å². The first kappa shape index (κ1) is 24.8. The van der Waals surface area contributed by atoms with Gasteiger partial charge in [-0.25, -0.2) is 9.97 Å². The van der Waals surface area contributed by atoms with Crippen molar-refractivity contribution in [3.63, 3.8) is 0 Å². The summed E-state index contributed by atoms with van der Waals surface area (Å²) in [4.78, 5) is 40.4. The van der Waals surface area contributed by atoms with E-state index in [-0.39, 0.29) is 41.7 Å². The average Bonchev–Trinajstić information content (AvgIpc) is 3.40. The third kappa shape index (κ3) is 4.33. The summed E-state index contributed by atoms with van der Waals surface area (Å²) in [5.74, 6) is 0.877. The van der Waals surface area contributed by atoms with Crippen LogP contribution in [0.1, 0.15) is 46.3 Å². The fraction of sp³-hybridized carbons (Fsp3) is 0.250. The molecule has 3 atom stereocenters. The highest BCUT2D eigenvalue weighted by molar-refractivity contribution is 5.98. The van der Waals surface area contributed by atoms with Gasteiger partial charge in [-0.05, 0) is 37.0 Å². The first-order valence-electron chi connectivity index (χ1n) is 12.4. The molecule has 4 heterocycles. The molecular weight excluding hydrogens is 509 g/mol. The largest absolute Gasteiger partial charge is 0.416 e. The van der Waals surface area contributed by atoms with Crippen molar-refractivity contribution in [2.45, 2.75) is 37.5 Å². The summed E-state index contributed by atoms with van der Waals surface area (Å²) in [6.07, 6.45) is 2.70. The lowest BCUT2D eigenvalue weighted by Crippen LogP contribution is -2.33. The number of nitrogens with two attached hydrogens (primary N) is 1. The van der Waals surface area contributed by atoms with Gasteiger partial charge in [-0.1, -0.05) is 30.8 Å². The number of fused-ring (bicyclic) bond motifs is 2. The first-order valence-corrected chi connectivity index (χ1v) is 12.4. The van der Waals surface area contributed by atoms with Crippen LogP contribution in [0.5, 0.6) is 0 Å². The number of nitrogen functional groups attached to an aromatic ring is 1. The number of halogens is 3. The third-order valence-electron chi connectivity index (χ3n) is 7.41. The highest BCUT2D eigenvalue weighted by Gasteiger charge is 2.55. The number of carbonyl (C=O) groups excluding carboxylic acids is 2. The number of hydrogen-bond donors (Lipinski definition) is 1. The van der Waals surface area contributed by atoms with Gasteiger partial charge in [-0.2, -0.15) is 13.2 Å². The lowest BCUT2D eigenvalue weighted by molar-refractivity contribution is -0.137. The molecule has 3 unspecified atom stereocenters. The van der Waals surface area contributed by atoms with E-state index in [0.717, 1.165) is 31.2 Å². The van der Waals surface area contributed by atoms with Crippen LogP contribution in [0.25, 0.3) is 16.8 Å². The Labute approximate surface area is 221 Å². The lowest BCUT2D eigenvalue weighted by atomic mass is 10.0. The van der Waals surface area contributed by atoms with E-state index in [2.05, 4.69) is 16.5 Å². The van der Waals surface area contributed by atoms with Crippen molar-refractivity contribution in [1.29, 1.82) is 0 Å². The molecule has 2 N–H and O–H groups in total. The van der Waals surface area contributed by atoms with Crippen LogP contribution in [0, 0.1) is 5.92 Å². The number of Topliss-reactive ketones (excluding diaryl/α,β-unsaturated/α-hetero) is 1. The molecule has 1 aliphatic heterocycles. The Morgan fingerprint density at radius 1 is 1.10 bits per heavy atom. The van der Waals surface area contributed by atoms with Crippen LogP contribution in [0.4, 0.5) is 19.0 Å². The van der Waals surface area contributed by atoms with E-state index in [9.17, 15) is 22.8 Å². The van der Waals surface area contributed by atoms with E-state index in [4.69, 9.17) is 10.7 Å². The molecule has 1 amide bonds. The minimum atomic E-state index is -4.51. The maximum atomic E-state index is 13.0. The number of pyridine rings is 1. The maximum Gasteiger partial charge on any atom is 0.416 e. The second kappa shape index (κ2) is 9.04. The Bertz CT molecular complexity index is 1630. The zero-order valence-corrected chi connectivity index (χ0v) is 20.6. The number of amides is 1. The van der Waals surface area contributed by atoms with E-state index in [0.29, 0.717) is 34.1 Å². The first-order chi connectivity index (χ1) is 18.7. The van der Waals surface area contributed by atoms with E-state index in [1.807, 2.05) is 9.30 Å². The Morgan fingerprint density at radius 2 is 1.87 bits per heavy atom. The second-order valence-corrected chi connectivity index (χ2v) is 9.82. The Hall–Kier alpha value is -4.54. The van der Waals surface area contributed by atoms with Crippen LogP contribution in [0.15, 0.2) is 67.6 Å². The predicted molar refractivity (Wildman–Crippen MR) is 136 cm³/mol. The number of anilines is 1.